The second kappa shape index (κ2) is 5.02. The summed E-state index contributed by atoms with van der Waals surface area (Å²) in [6.07, 6.45) is 3.78. The third-order valence-electron chi connectivity index (χ3n) is 3.77. The van der Waals surface area contributed by atoms with Crippen LogP contribution >= 0.6 is 0 Å². The summed E-state index contributed by atoms with van der Waals surface area (Å²) in [5, 5.41) is 12.4. The van der Waals surface area contributed by atoms with E-state index in [2.05, 4.69) is 32.2 Å². The Morgan fingerprint density at radius 3 is 2.44 bits per heavy atom. The number of anilines is 1. The fourth-order valence-electron chi connectivity index (χ4n) is 3.33. The van der Waals surface area contributed by atoms with Crippen LogP contribution in [-0.2, 0) is 0 Å². The molecule has 2 rings (SSSR count). The van der Waals surface area contributed by atoms with Crippen LogP contribution in [-0.4, -0.2) is 6.04 Å². The van der Waals surface area contributed by atoms with E-state index in [1.54, 1.807) is 0 Å². The normalized spacial score (nSPS) is 26.3. The summed E-state index contributed by atoms with van der Waals surface area (Å²) < 4.78 is 0. The van der Waals surface area contributed by atoms with Crippen molar-refractivity contribution < 1.29 is 0 Å². The monoisotopic (exact) mass is 242 g/mol. The van der Waals surface area contributed by atoms with E-state index in [-0.39, 0.29) is 0 Å². The van der Waals surface area contributed by atoms with E-state index >= 15 is 0 Å². The van der Waals surface area contributed by atoms with Crippen LogP contribution in [0.3, 0.4) is 0 Å². The van der Waals surface area contributed by atoms with Crippen molar-refractivity contribution >= 4 is 5.69 Å². The molecule has 0 saturated heterocycles. The maximum Gasteiger partial charge on any atom is 0.0991 e. The van der Waals surface area contributed by atoms with Crippen molar-refractivity contribution in [3.63, 3.8) is 0 Å². The molecule has 18 heavy (non-hydrogen) atoms. The lowest BCUT2D eigenvalue weighted by atomic mass is 9.70. The van der Waals surface area contributed by atoms with Gasteiger partial charge in [0.1, 0.15) is 0 Å². The topological polar surface area (TPSA) is 35.8 Å². The SMILES string of the molecule is CC1CC(Nc2ccc(C#N)cc2)CC(C)(C)C1. The van der Waals surface area contributed by atoms with Gasteiger partial charge in [0.05, 0.1) is 11.6 Å². The third-order valence-corrected chi connectivity index (χ3v) is 3.77. The highest BCUT2D eigenvalue weighted by Gasteiger charge is 2.31. The summed E-state index contributed by atoms with van der Waals surface area (Å²) in [4.78, 5) is 0. The Morgan fingerprint density at radius 2 is 1.89 bits per heavy atom. The maximum absolute atomic E-state index is 8.78. The van der Waals surface area contributed by atoms with Crippen molar-refractivity contribution in [2.45, 2.75) is 46.1 Å². The lowest BCUT2D eigenvalue weighted by Gasteiger charge is -2.39. The quantitative estimate of drug-likeness (QED) is 0.844. The summed E-state index contributed by atoms with van der Waals surface area (Å²) in [7, 11) is 0. The minimum absolute atomic E-state index is 0.432. The Balaban J connectivity index is 2.02. The molecule has 1 N–H and O–H groups in total. The van der Waals surface area contributed by atoms with Crippen LogP contribution in [0.2, 0.25) is 0 Å². The van der Waals surface area contributed by atoms with Crippen molar-refractivity contribution in [3.8, 4) is 6.07 Å². The predicted molar refractivity (Wildman–Crippen MR) is 75.4 cm³/mol. The zero-order valence-corrected chi connectivity index (χ0v) is 11.5. The van der Waals surface area contributed by atoms with Gasteiger partial charge in [0.25, 0.3) is 0 Å². The van der Waals surface area contributed by atoms with Crippen molar-refractivity contribution in [2.24, 2.45) is 11.3 Å². The molecule has 1 saturated carbocycles. The summed E-state index contributed by atoms with van der Waals surface area (Å²) >= 11 is 0. The van der Waals surface area contributed by atoms with Gasteiger partial charge in [-0.25, -0.2) is 0 Å². The summed E-state index contributed by atoms with van der Waals surface area (Å²) in [6, 6.07) is 10.5. The fraction of sp³-hybridized carbons (Fsp3) is 0.562. The van der Waals surface area contributed by atoms with Crippen molar-refractivity contribution in [1.29, 1.82) is 5.26 Å². The standard InChI is InChI=1S/C16H22N2/c1-12-8-15(10-16(2,3)9-12)18-14-6-4-13(11-17)5-7-14/h4-7,12,15,18H,8-10H2,1-3H3. The number of rotatable bonds is 2. The highest BCUT2D eigenvalue weighted by Crippen LogP contribution is 2.39. The van der Waals surface area contributed by atoms with Gasteiger partial charge < -0.3 is 5.32 Å². The molecule has 2 atom stereocenters. The molecule has 1 aromatic rings. The van der Waals surface area contributed by atoms with Gasteiger partial charge in [-0.1, -0.05) is 20.8 Å². The van der Waals surface area contributed by atoms with Crippen LogP contribution in [0.1, 0.15) is 45.6 Å². The first-order chi connectivity index (χ1) is 8.48. The van der Waals surface area contributed by atoms with E-state index in [0.29, 0.717) is 11.5 Å². The number of hydrogen-bond donors (Lipinski definition) is 1. The lowest BCUT2D eigenvalue weighted by Crippen LogP contribution is -2.35. The first kappa shape index (κ1) is 13.0. The molecule has 0 radical (unpaired) electrons. The van der Waals surface area contributed by atoms with Crippen LogP contribution in [0.5, 0.6) is 0 Å². The average molecular weight is 242 g/mol. The molecule has 1 aliphatic rings. The Morgan fingerprint density at radius 1 is 1.22 bits per heavy atom. The van der Waals surface area contributed by atoms with Crippen LogP contribution in [0, 0.1) is 22.7 Å². The average Bonchev–Trinajstić information content (AvgIpc) is 2.27. The lowest BCUT2D eigenvalue weighted by molar-refractivity contribution is 0.178. The molecule has 0 spiro atoms. The maximum atomic E-state index is 8.78. The van der Waals surface area contributed by atoms with E-state index < -0.39 is 0 Å². The van der Waals surface area contributed by atoms with Gasteiger partial charge in [0.2, 0.25) is 0 Å². The molecular formula is C16H22N2. The van der Waals surface area contributed by atoms with Crippen molar-refractivity contribution in [2.75, 3.05) is 5.32 Å². The molecule has 2 unspecified atom stereocenters. The second-order valence-electron chi connectivity index (χ2n) is 6.44. The molecule has 1 fully saturated rings. The Kier molecular flexibility index (Phi) is 3.61. The van der Waals surface area contributed by atoms with Gasteiger partial charge in [0, 0.05) is 11.7 Å². The zero-order chi connectivity index (χ0) is 13.2. The first-order valence-corrected chi connectivity index (χ1v) is 6.75. The summed E-state index contributed by atoms with van der Waals surface area (Å²) in [5.74, 6) is 0.782. The van der Waals surface area contributed by atoms with E-state index in [1.165, 1.54) is 19.3 Å². The Labute approximate surface area is 110 Å². The molecule has 0 heterocycles. The van der Waals surface area contributed by atoms with E-state index in [1.807, 2.05) is 24.3 Å². The number of nitrogens with zero attached hydrogens (tertiary/aromatic N) is 1. The number of nitriles is 1. The molecule has 0 bridgehead atoms. The molecule has 1 aliphatic carbocycles. The van der Waals surface area contributed by atoms with E-state index in [9.17, 15) is 0 Å². The number of benzene rings is 1. The van der Waals surface area contributed by atoms with E-state index in [0.717, 1.165) is 17.2 Å². The van der Waals surface area contributed by atoms with Gasteiger partial charge in [0.15, 0.2) is 0 Å². The van der Waals surface area contributed by atoms with Gasteiger partial charge in [-0.2, -0.15) is 5.26 Å². The summed E-state index contributed by atoms with van der Waals surface area (Å²) in [6.45, 7) is 7.06. The van der Waals surface area contributed by atoms with Gasteiger partial charge >= 0.3 is 0 Å². The first-order valence-electron chi connectivity index (χ1n) is 6.75. The highest BCUT2D eigenvalue weighted by atomic mass is 14.9. The fourth-order valence-corrected chi connectivity index (χ4v) is 3.33. The van der Waals surface area contributed by atoms with Gasteiger partial charge in [-0.15, -0.1) is 0 Å². The van der Waals surface area contributed by atoms with Crippen LogP contribution in [0.4, 0.5) is 5.69 Å². The second-order valence-corrected chi connectivity index (χ2v) is 6.44. The minimum Gasteiger partial charge on any atom is -0.382 e. The zero-order valence-electron chi connectivity index (χ0n) is 11.5. The van der Waals surface area contributed by atoms with Gasteiger partial charge in [-0.3, -0.25) is 0 Å². The number of hydrogen-bond acceptors (Lipinski definition) is 2. The molecule has 96 valence electrons. The number of nitrogens with one attached hydrogen (secondary N) is 1. The summed E-state index contributed by atoms with van der Waals surface area (Å²) in [5.41, 5.74) is 2.28. The van der Waals surface area contributed by atoms with Crippen molar-refractivity contribution in [1.82, 2.24) is 0 Å². The van der Waals surface area contributed by atoms with Crippen LogP contribution < -0.4 is 5.32 Å². The van der Waals surface area contributed by atoms with Crippen LogP contribution in [0.15, 0.2) is 24.3 Å². The Hall–Kier alpha value is -1.49. The molecule has 2 heteroatoms. The molecule has 0 aliphatic heterocycles. The molecule has 0 aromatic heterocycles. The van der Waals surface area contributed by atoms with Gasteiger partial charge in [-0.05, 0) is 54.9 Å². The molecule has 0 amide bonds. The molecule has 1 aromatic carbocycles. The molecule has 2 nitrogen and oxygen atoms in total. The highest BCUT2D eigenvalue weighted by molar-refractivity contribution is 5.47. The van der Waals surface area contributed by atoms with Crippen molar-refractivity contribution in [3.05, 3.63) is 29.8 Å². The Bertz CT molecular complexity index is 439. The molecular weight excluding hydrogens is 220 g/mol. The minimum atomic E-state index is 0.432. The third kappa shape index (κ3) is 3.26. The smallest absolute Gasteiger partial charge is 0.0991 e. The van der Waals surface area contributed by atoms with Crippen LogP contribution in [0.25, 0.3) is 0 Å². The largest absolute Gasteiger partial charge is 0.382 e. The van der Waals surface area contributed by atoms with E-state index in [4.69, 9.17) is 5.26 Å². The predicted octanol–water partition coefficient (Wildman–Crippen LogP) is 4.18.